The normalized spacial score (nSPS) is 16.2. The summed E-state index contributed by atoms with van der Waals surface area (Å²) in [6.45, 7) is 5.63. The highest BCUT2D eigenvalue weighted by molar-refractivity contribution is 7.12. The van der Waals surface area contributed by atoms with Gasteiger partial charge in [-0.15, -0.1) is 11.3 Å². The molecule has 0 saturated heterocycles. The first kappa shape index (κ1) is 19.7. The van der Waals surface area contributed by atoms with E-state index >= 15 is 0 Å². The molecule has 0 fully saturated rings. The highest BCUT2D eigenvalue weighted by Gasteiger charge is 2.46. The number of Topliss-reactive ketones (excluding diaryl/α,β-unsaturated/α-hetero) is 1. The molecule has 1 amide bonds. The predicted molar refractivity (Wildman–Crippen MR) is 112 cm³/mol. The van der Waals surface area contributed by atoms with Crippen LogP contribution in [0, 0.1) is 6.92 Å². The fraction of sp³-hybridized carbons (Fsp3) is 0.136. The molecule has 1 N–H and O–H groups in total. The van der Waals surface area contributed by atoms with E-state index in [1.54, 1.807) is 60.8 Å². The van der Waals surface area contributed by atoms with Gasteiger partial charge in [-0.1, -0.05) is 36.0 Å². The number of ether oxygens (including phenoxy) is 1. The lowest BCUT2D eigenvalue weighted by atomic mass is 9.95. The Kier molecular flexibility index (Phi) is 5.24. The molecule has 30 heavy (non-hydrogen) atoms. The molecule has 7 nitrogen and oxygen atoms in total. The highest BCUT2D eigenvalue weighted by atomic mass is 32.1. The molecule has 3 heterocycles. The number of hydrogen-bond acceptors (Lipinski definition) is 7. The van der Waals surface area contributed by atoms with Gasteiger partial charge in [0.2, 0.25) is 5.78 Å². The Labute approximate surface area is 176 Å². The van der Waals surface area contributed by atoms with Gasteiger partial charge in [0.15, 0.2) is 11.6 Å². The average molecular weight is 422 g/mol. The van der Waals surface area contributed by atoms with Crippen LogP contribution in [0.15, 0.2) is 76.4 Å². The van der Waals surface area contributed by atoms with Gasteiger partial charge in [-0.25, -0.2) is 0 Å². The number of nitrogens with zero attached hydrogens (tertiary/aromatic N) is 2. The molecule has 1 aromatic carbocycles. The Bertz CT molecular complexity index is 1150. The molecule has 0 unspecified atom stereocenters. The van der Waals surface area contributed by atoms with Crippen molar-refractivity contribution in [2.45, 2.75) is 13.0 Å². The van der Waals surface area contributed by atoms with Gasteiger partial charge in [0.1, 0.15) is 18.1 Å². The van der Waals surface area contributed by atoms with Crippen molar-refractivity contribution < 1.29 is 24.0 Å². The smallest absolute Gasteiger partial charge is 0.295 e. The summed E-state index contributed by atoms with van der Waals surface area (Å²) in [5, 5.41) is 16.4. The van der Waals surface area contributed by atoms with E-state index in [4.69, 9.17) is 9.26 Å². The lowest BCUT2D eigenvalue weighted by Crippen LogP contribution is -2.31. The van der Waals surface area contributed by atoms with Crippen molar-refractivity contribution in [3.05, 3.63) is 88.0 Å². The van der Waals surface area contributed by atoms with E-state index in [1.165, 1.54) is 16.2 Å². The van der Waals surface area contributed by atoms with Crippen molar-refractivity contribution in [2.24, 2.45) is 0 Å². The molecule has 2 aromatic heterocycles. The van der Waals surface area contributed by atoms with Crippen LogP contribution in [-0.2, 0) is 4.79 Å². The summed E-state index contributed by atoms with van der Waals surface area (Å²) < 4.78 is 10.7. The van der Waals surface area contributed by atoms with Gasteiger partial charge in [0.25, 0.3) is 5.91 Å². The Balaban J connectivity index is 1.84. The first-order valence-electron chi connectivity index (χ1n) is 9.13. The molecular weight excluding hydrogens is 404 g/mol. The van der Waals surface area contributed by atoms with Crippen molar-refractivity contribution in [1.82, 2.24) is 5.16 Å². The van der Waals surface area contributed by atoms with Crippen molar-refractivity contribution in [3.8, 4) is 5.75 Å². The number of aliphatic hydroxyl groups excluding tert-OH is 1. The summed E-state index contributed by atoms with van der Waals surface area (Å²) >= 11 is 1.24. The minimum Gasteiger partial charge on any atom is -0.503 e. The number of carbonyl (C=O) groups is 2. The monoisotopic (exact) mass is 422 g/mol. The zero-order chi connectivity index (χ0) is 21.3. The van der Waals surface area contributed by atoms with Gasteiger partial charge in [-0.05, 0) is 36.1 Å². The number of benzene rings is 1. The molecule has 0 radical (unpaired) electrons. The van der Waals surface area contributed by atoms with E-state index in [2.05, 4.69) is 11.7 Å². The molecule has 152 valence electrons. The molecule has 0 bridgehead atoms. The molecular formula is C22H18N2O5S. The van der Waals surface area contributed by atoms with Crippen molar-refractivity contribution in [2.75, 3.05) is 11.5 Å². The molecule has 0 spiro atoms. The van der Waals surface area contributed by atoms with Gasteiger partial charge in [0, 0.05) is 6.07 Å². The molecule has 8 heteroatoms. The maximum atomic E-state index is 13.2. The minimum absolute atomic E-state index is 0.0102. The summed E-state index contributed by atoms with van der Waals surface area (Å²) in [6.07, 6.45) is 1.62. The zero-order valence-electron chi connectivity index (χ0n) is 16.1. The summed E-state index contributed by atoms with van der Waals surface area (Å²) in [5.41, 5.74) is 0.582. The number of rotatable bonds is 7. The Morgan fingerprint density at radius 3 is 2.87 bits per heavy atom. The highest BCUT2D eigenvalue weighted by Crippen LogP contribution is 2.42. The minimum atomic E-state index is -0.885. The summed E-state index contributed by atoms with van der Waals surface area (Å²) in [5.74, 6) is -0.480. The van der Waals surface area contributed by atoms with Crippen molar-refractivity contribution in [3.63, 3.8) is 0 Å². The number of hydrogen-bond donors (Lipinski definition) is 1. The van der Waals surface area contributed by atoms with Crippen LogP contribution in [0.3, 0.4) is 0 Å². The molecule has 1 aliphatic heterocycles. The van der Waals surface area contributed by atoms with Gasteiger partial charge < -0.3 is 14.4 Å². The van der Waals surface area contributed by atoms with Crippen LogP contribution in [0.4, 0.5) is 5.82 Å². The van der Waals surface area contributed by atoms with Gasteiger partial charge >= 0.3 is 0 Å². The van der Waals surface area contributed by atoms with E-state index in [0.717, 1.165) is 0 Å². The molecule has 0 aliphatic carbocycles. The Morgan fingerprint density at radius 2 is 2.20 bits per heavy atom. The van der Waals surface area contributed by atoms with Crippen LogP contribution in [0.2, 0.25) is 0 Å². The van der Waals surface area contributed by atoms with Crippen LogP contribution >= 0.6 is 11.3 Å². The number of anilines is 1. The SMILES string of the molecule is C=CCOc1cccc([C@H]2C(C(=O)c3cccs3)=C(O)C(=O)N2c2cc(C)on2)c1. The maximum absolute atomic E-state index is 13.2. The summed E-state index contributed by atoms with van der Waals surface area (Å²) in [6, 6.07) is 11.1. The van der Waals surface area contributed by atoms with E-state index < -0.39 is 23.5 Å². The van der Waals surface area contributed by atoms with E-state index in [-0.39, 0.29) is 11.4 Å². The maximum Gasteiger partial charge on any atom is 0.295 e. The predicted octanol–water partition coefficient (Wildman–Crippen LogP) is 4.39. The number of thiophene rings is 1. The van der Waals surface area contributed by atoms with E-state index in [0.29, 0.717) is 28.6 Å². The summed E-state index contributed by atoms with van der Waals surface area (Å²) in [7, 11) is 0. The molecule has 0 saturated carbocycles. The summed E-state index contributed by atoms with van der Waals surface area (Å²) in [4.78, 5) is 27.9. The molecule has 4 rings (SSSR count). The fourth-order valence-corrected chi connectivity index (χ4v) is 4.00. The van der Waals surface area contributed by atoms with Crippen LogP contribution in [0.25, 0.3) is 0 Å². The third kappa shape index (κ3) is 3.42. The van der Waals surface area contributed by atoms with Crippen LogP contribution in [-0.4, -0.2) is 28.6 Å². The van der Waals surface area contributed by atoms with Crippen LogP contribution < -0.4 is 9.64 Å². The lowest BCUT2D eigenvalue weighted by molar-refractivity contribution is -0.117. The van der Waals surface area contributed by atoms with Gasteiger partial charge in [-0.2, -0.15) is 0 Å². The number of aromatic nitrogens is 1. The quantitative estimate of drug-likeness (QED) is 0.448. The van der Waals surface area contributed by atoms with Gasteiger partial charge in [0.05, 0.1) is 16.5 Å². The standard InChI is InChI=1S/C22H18N2O5S/c1-3-9-28-15-7-4-6-14(12-15)19-18(20(25)16-8-5-10-30-16)21(26)22(27)24(19)17-11-13(2)29-23-17/h3-8,10-12,19,26H,1,9H2,2H3/t19-/m0/s1. The van der Waals surface area contributed by atoms with Crippen molar-refractivity contribution >= 4 is 28.8 Å². The zero-order valence-corrected chi connectivity index (χ0v) is 16.9. The van der Waals surface area contributed by atoms with E-state index in [1.807, 2.05) is 0 Å². The third-order valence-electron chi connectivity index (χ3n) is 4.60. The second-order valence-electron chi connectivity index (χ2n) is 6.61. The number of aryl methyl sites for hydroxylation is 1. The first-order chi connectivity index (χ1) is 14.5. The number of carbonyl (C=O) groups excluding carboxylic acids is 2. The van der Waals surface area contributed by atoms with Gasteiger partial charge in [-0.3, -0.25) is 14.5 Å². The third-order valence-corrected chi connectivity index (χ3v) is 5.47. The van der Waals surface area contributed by atoms with Crippen LogP contribution in [0.1, 0.15) is 27.0 Å². The Morgan fingerprint density at radius 1 is 1.37 bits per heavy atom. The first-order valence-corrected chi connectivity index (χ1v) is 10.0. The molecule has 3 aromatic rings. The lowest BCUT2D eigenvalue weighted by Gasteiger charge is -2.24. The number of amides is 1. The average Bonchev–Trinajstić information content (AvgIpc) is 3.47. The largest absolute Gasteiger partial charge is 0.503 e. The van der Waals surface area contributed by atoms with Crippen molar-refractivity contribution in [1.29, 1.82) is 0 Å². The number of aliphatic hydroxyl groups is 1. The molecule has 1 aliphatic rings. The fourth-order valence-electron chi connectivity index (χ4n) is 3.33. The Hall–Kier alpha value is -3.65. The second kappa shape index (κ2) is 8.00. The second-order valence-corrected chi connectivity index (χ2v) is 7.56. The topological polar surface area (TPSA) is 92.9 Å². The van der Waals surface area contributed by atoms with Crippen LogP contribution in [0.5, 0.6) is 5.75 Å². The molecule has 1 atom stereocenters. The number of ketones is 1. The van der Waals surface area contributed by atoms with E-state index in [9.17, 15) is 14.7 Å².